The SMILES string of the molecule is C=CC[C@H]1C(=O)C(C)(C)[C@@H](OC(=O)OCc2ccc(O[C@@H]3O[C@H](C(=O)O)[C@@H](O)[C@H](O)[C@H]3O)c(OC)c2)CC(=O)O[C@H](c2ccc3sc(C)nc3c2)C[C@@H]2O[C@]2(C)CCC[C@H](C)[C@@H]1O. The maximum Gasteiger partial charge on any atom is 0.508 e. The Morgan fingerprint density at radius 1 is 1.02 bits per heavy atom. The first-order chi connectivity index (χ1) is 29.8. The van der Waals surface area contributed by atoms with Crippen LogP contribution in [0.15, 0.2) is 49.1 Å². The maximum atomic E-state index is 14.5. The number of ketones is 1. The Balaban J connectivity index is 1.22. The van der Waals surface area contributed by atoms with Crippen LogP contribution in [0.2, 0.25) is 0 Å². The van der Waals surface area contributed by atoms with E-state index in [4.69, 9.17) is 33.2 Å². The number of nitrogens with zero attached hydrogens (tertiary/aromatic N) is 1. The number of allylic oxidation sites excluding steroid dienone is 1. The van der Waals surface area contributed by atoms with Crippen molar-refractivity contribution in [1.29, 1.82) is 0 Å². The first kappa shape index (κ1) is 47.8. The van der Waals surface area contributed by atoms with Gasteiger partial charge in [-0.1, -0.05) is 31.6 Å². The summed E-state index contributed by atoms with van der Waals surface area (Å²) >= 11 is 1.55. The largest absolute Gasteiger partial charge is 0.508 e. The molecule has 3 fully saturated rings. The molecule has 12 atom stereocenters. The van der Waals surface area contributed by atoms with Crippen molar-refractivity contribution < 1.29 is 77.9 Å². The van der Waals surface area contributed by atoms with Crippen molar-refractivity contribution in [1.82, 2.24) is 4.98 Å². The minimum atomic E-state index is -1.92. The second-order valence-corrected chi connectivity index (χ2v) is 18.6. The molecule has 3 aromatic rings. The van der Waals surface area contributed by atoms with Crippen molar-refractivity contribution in [2.45, 2.75) is 140 Å². The third-order valence-electron chi connectivity index (χ3n) is 12.4. The zero-order chi connectivity index (χ0) is 46.0. The highest BCUT2D eigenvalue weighted by Crippen LogP contribution is 2.47. The fraction of sp³-hybridized carbons (Fsp3) is 0.578. The fourth-order valence-electron chi connectivity index (χ4n) is 8.34. The highest BCUT2D eigenvalue weighted by atomic mass is 32.1. The number of carbonyl (C=O) groups is 4. The number of carboxylic acids is 1. The van der Waals surface area contributed by atoms with Crippen LogP contribution in [0.4, 0.5) is 4.79 Å². The number of aliphatic carboxylic acids is 1. The number of aliphatic hydroxyl groups is 4. The lowest BCUT2D eigenvalue weighted by Crippen LogP contribution is -2.61. The van der Waals surface area contributed by atoms with Crippen molar-refractivity contribution in [2.24, 2.45) is 17.3 Å². The van der Waals surface area contributed by atoms with Crippen molar-refractivity contribution >= 4 is 45.4 Å². The van der Waals surface area contributed by atoms with Gasteiger partial charge >= 0.3 is 18.1 Å². The summed E-state index contributed by atoms with van der Waals surface area (Å²) in [7, 11) is 1.29. The number of hydrogen-bond donors (Lipinski definition) is 5. The number of Topliss-reactive ketones (excluding diaryl/α,β-unsaturated/α-hetero) is 1. The molecule has 0 unspecified atom stereocenters. The van der Waals surface area contributed by atoms with Gasteiger partial charge < -0.3 is 58.7 Å². The fourth-order valence-corrected chi connectivity index (χ4v) is 9.15. The molecule has 2 aromatic carbocycles. The predicted octanol–water partition coefficient (Wildman–Crippen LogP) is 5.10. The minimum absolute atomic E-state index is 0.0383. The second kappa shape index (κ2) is 19.6. The summed E-state index contributed by atoms with van der Waals surface area (Å²) in [6.45, 7) is 12.3. The lowest BCUT2D eigenvalue weighted by molar-refractivity contribution is -0.271. The van der Waals surface area contributed by atoms with Crippen LogP contribution in [0.3, 0.4) is 0 Å². The summed E-state index contributed by atoms with van der Waals surface area (Å²) in [6.07, 6.45) is -10.4. The predicted molar refractivity (Wildman–Crippen MR) is 225 cm³/mol. The van der Waals surface area contributed by atoms with E-state index in [9.17, 15) is 44.7 Å². The summed E-state index contributed by atoms with van der Waals surface area (Å²) in [5.74, 6) is -4.00. The highest BCUT2D eigenvalue weighted by Gasteiger charge is 2.53. The zero-order valence-electron chi connectivity index (χ0n) is 36.1. The van der Waals surface area contributed by atoms with Gasteiger partial charge in [0.2, 0.25) is 6.29 Å². The molecule has 344 valence electrons. The molecule has 0 radical (unpaired) electrons. The normalized spacial score (nSPS) is 32.8. The van der Waals surface area contributed by atoms with Crippen LogP contribution >= 0.6 is 11.3 Å². The van der Waals surface area contributed by atoms with Crippen molar-refractivity contribution in [2.75, 3.05) is 7.11 Å². The number of cyclic esters (lactones) is 1. The van der Waals surface area contributed by atoms with Gasteiger partial charge in [0.15, 0.2) is 17.6 Å². The van der Waals surface area contributed by atoms with E-state index in [-0.39, 0.29) is 29.9 Å². The number of methoxy groups -OCH3 is 1. The van der Waals surface area contributed by atoms with Gasteiger partial charge in [-0.3, -0.25) is 9.59 Å². The van der Waals surface area contributed by atoms with Gasteiger partial charge in [-0.2, -0.15) is 0 Å². The number of rotatable bonds is 10. The summed E-state index contributed by atoms with van der Waals surface area (Å²) in [6, 6.07) is 9.95. The molecule has 3 aliphatic rings. The summed E-state index contributed by atoms with van der Waals surface area (Å²) in [5.41, 5.74) is -0.193. The van der Waals surface area contributed by atoms with Gasteiger partial charge in [-0.15, -0.1) is 17.9 Å². The number of epoxide rings is 1. The molecule has 4 heterocycles. The van der Waals surface area contributed by atoms with Crippen molar-refractivity contribution in [3.05, 3.63) is 65.2 Å². The molecule has 1 aromatic heterocycles. The third kappa shape index (κ3) is 10.8. The van der Waals surface area contributed by atoms with Crippen LogP contribution in [0.25, 0.3) is 10.2 Å². The van der Waals surface area contributed by atoms with Gasteiger partial charge in [-0.05, 0) is 88.3 Å². The van der Waals surface area contributed by atoms with Crippen LogP contribution in [0, 0.1) is 24.2 Å². The molecule has 0 amide bonds. The minimum Gasteiger partial charge on any atom is -0.493 e. The lowest BCUT2D eigenvalue weighted by atomic mass is 9.71. The van der Waals surface area contributed by atoms with Crippen LogP contribution in [0.5, 0.6) is 11.5 Å². The number of carbonyl (C=O) groups excluding carboxylic acids is 3. The third-order valence-corrected chi connectivity index (χ3v) is 13.3. The van der Waals surface area contributed by atoms with Gasteiger partial charge in [0.1, 0.15) is 42.9 Å². The quantitative estimate of drug-likeness (QED) is 0.101. The number of hydrogen-bond acceptors (Lipinski definition) is 17. The molecule has 3 saturated heterocycles. The van der Waals surface area contributed by atoms with E-state index < -0.39 is 103 Å². The Morgan fingerprint density at radius 3 is 2.46 bits per heavy atom. The first-order valence-corrected chi connectivity index (χ1v) is 21.7. The number of fused-ring (bicyclic) bond motifs is 2. The Morgan fingerprint density at radius 2 is 1.76 bits per heavy atom. The molecule has 0 aliphatic carbocycles. The summed E-state index contributed by atoms with van der Waals surface area (Å²) < 4.78 is 40.9. The number of benzene rings is 2. The Bertz CT molecular complexity index is 2160. The van der Waals surface area contributed by atoms with E-state index in [1.54, 1.807) is 31.3 Å². The molecule has 17 nitrogen and oxygen atoms in total. The molecule has 63 heavy (non-hydrogen) atoms. The smallest absolute Gasteiger partial charge is 0.493 e. The number of aromatic nitrogens is 1. The van der Waals surface area contributed by atoms with E-state index in [0.29, 0.717) is 30.4 Å². The molecule has 18 heteroatoms. The van der Waals surface area contributed by atoms with Crippen LogP contribution in [-0.2, 0) is 44.7 Å². The zero-order valence-corrected chi connectivity index (χ0v) is 36.9. The van der Waals surface area contributed by atoms with E-state index in [1.807, 2.05) is 39.0 Å². The number of carboxylic acid groups (broad SMARTS) is 1. The standard InChI is InChI=1S/C45H57NO16S/c1-8-10-26-35(48)22(2)11-9-16-45(6)33(62-45)19-29(25-13-15-31-27(18-25)46-23(3)63-31)58-34(47)20-32(44(4,5)40(26)52)60-43(55)57-21-24-12-14-28(30(17-24)56-7)59-42-38(51)36(49)37(50)39(61-42)41(53)54/h8,12-15,17-18,22,26,29,32-33,35-39,42,48-51H,1,9-11,16,19-21H2,2-7H3,(H,53,54)/t22-,26+,29-,32-,33-,35-,36-,37-,38+,39-,42+,45+/m0/s1. The van der Waals surface area contributed by atoms with Gasteiger partial charge in [0.25, 0.3) is 0 Å². The average molecular weight is 900 g/mol. The number of thiazole rings is 1. The van der Waals surface area contributed by atoms with Gasteiger partial charge in [0, 0.05) is 12.3 Å². The molecule has 0 saturated carbocycles. The highest BCUT2D eigenvalue weighted by molar-refractivity contribution is 7.18. The first-order valence-electron chi connectivity index (χ1n) is 20.9. The number of aliphatic hydroxyl groups excluding tert-OH is 4. The Labute approximate surface area is 368 Å². The monoisotopic (exact) mass is 899 g/mol. The van der Waals surface area contributed by atoms with Crippen LogP contribution in [0.1, 0.15) is 88.5 Å². The summed E-state index contributed by atoms with van der Waals surface area (Å²) in [4.78, 5) is 58.3. The van der Waals surface area contributed by atoms with Crippen molar-refractivity contribution in [3.63, 3.8) is 0 Å². The van der Waals surface area contributed by atoms with Gasteiger partial charge in [0.05, 0.1) is 52.0 Å². The second-order valence-electron chi connectivity index (χ2n) is 17.4. The maximum absolute atomic E-state index is 14.5. The molecule has 3 aliphatic heterocycles. The van der Waals surface area contributed by atoms with E-state index in [0.717, 1.165) is 21.6 Å². The van der Waals surface area contributed by atoms with E-state index in [1.165, 1.54) is 25.3 Å². The van der Waals surface area contributed by atoms with E-state index in [2.05, 4.69) is 11.6 Å². The van der Waals surface area contributed by atoms with Crippen LogP contribution < -0.4 is 9.47 Å². The topological polar surface area (TPSA) is 250 Å². The molecular weight excluding hydrogens is 843 g/mol. The summed E-state index contributed by atoms with van der Waals surface area (Å²) in [5, 5.41) is 52.5. The molecular formula is C45H57NO16S. The van der Waals surface area contributed by atoms with Crippen LogP contribution in [-0.4, -0.2) is 116 Å². The Hall–Kier alpha value is -4.69. The molecule has 0 bridgehead atoms. The Kier molecular flexibility index (Phi) is 14.9. The van der Waals surface area contributed by atoms with Gasteiger partial charge in [-0.25, -0.2) is 14.6 Å². The number of aryl methyl sites for hydroxylation is 1. The molecule has 5 N–H and O–H groups in total. The van der Waals surface area contributed by atoms with Crippen molar-refractivity contribution in [3.8, 4) is 11.5 Å². The molecule has 6 rings (SSSR count). The average Bonchev–Trinajstić information content (AvgIpc) is 3.71. The number of esters is 1. The molecule has 0 spiro atoms. The lowest BCUT2D eigenvalue weighted by Gasteiger charge is -2.38. The number of ether oxygens (including phenoxy) is 7. The van der Waals surface area contributed by atoms with E-state index >= 15 is 0 Å².